The molecule has 0 N–H and O–H groups in total. The summed E-state index contributed by atoms with van der Waals surface area (Å²) in [4.78, 5) is 11.4. The van der Waals surface area contributed by atoms with Crippen LogP contribution in [-0.4, -0.2) is 5.78 Å². The molecule has 0 aliphatic heterocycles. The quantitative estimate of drug-likeness (QED) is 0.610. The van der Waals surface area contributed by atoms with E-state index in [1.807, 2.05) is 19.9 Å². The number of carbonyl (C=O) groups is 1. The van der Waals surface area contributed by atoms with E-state index in [0.717, 1.165) is 12.8 Å². The van der Waals surface area contributed by atoms with E-state index in [9.17, 15) is 4.79 Å². The fourth-order valence-corrected chi connectivity index (χ4v) is 1.67. The minimum atomic E-state index is 0.369. The first kappa shape index (κ1) is 14.2. The number of hydrogen-bond donors (Lipinski definition) is 0. The maximum absolute atomic E-state index is 11.4. The summed E-state index contributed by atoms with van der Waals surface area (Å²) in [7, 11) is 0. The normalized spacial score (nSPS) is 14.7. The van der Waals surface area contributed by atoms with Gasteiger partial charge in [0.15, 0.2) is 0 Å². The Kier molecular flexibility index (Phi) is 9.15. The molecular weight excluding hydrogens is 184 g/mol. The summed E-state index contributed by atoms with van der Waals surface area (Å²) in [6.07, 6.45) is 11.1. The van der Waals surface area contributed by atoms with Crippen molar-refractivity contribution in [1.29, 1.82) is 0 Å². The van der Waals surface area contributed by atoms with Crippen molar-refractivity contribution >= 4 is 5.78 Å². The van der Waals surface area contributed by atoms with Crippen LogP contribution in [0, 0.1) is 0 Å². The van der Waals surface area contributed by atoms with Crippen LogP contribution in [0.2, 0.25) is 0 Å². The zero-order valence-electron chi connectivity index (χ0n) is 10.2. The molecule has 0 aromatic carbocycles. The highest BCUT2D eigenvalue weighted by Crippen LogP contribution is 2.20. The molecule has 0 saturated heterocycles. The molecule has 0 amide bonds. The summed E-state index contributed by atoms with van der Waals surface area (Å²) < 4.78 is 0. The lowest BCUT2D eigenvalue weighted by Gasteiger charge is -2.11. The van der Waals surface area contributed by atoms with E-state index in [4.69, 9.17) is 0 Å². The summed E-state index contributed by atoms with van der Waals surface area (Å²) >= 11 is 0. The number of rotatable bonds is 5. The Morgan fingerprint density at radius 1 is 1.47 bits per heavy atom. The van der Waals surface area contributed by atoms with Gasteiger partial charge in [-0.25, -0.2) is 0 Å². The van der Waals surface area contributed by atoms with Crippen molar-refractivity contribution in [2.45, 2.75) is 58.8 Å². The molecule has 0 spiro atoms. The third-order valence-corrected chi connectivity index (χ3v) is 2.44. The smallest absolute Gasteiger partial charge is 0.137 e. The van der Waals surface area contributed by atoms with Crippen LogP contribution in [0.3, 0.4) is 0 Å². The van der Waals surface area contributed by atoms with Crippen molar-refractivity contribution < 1.29 is 4.79 Å². The molecule has 15 heavy (non-hydrogen) atoms. The molecule has 1 rings (SSSR count). The van der Waals surface area contributed by atoms with Gasteiger partial charge >= 0.3 is 0 Å². The monoisotopic (exact) mass is 208 g/mol. The van der Waals surface area contributed by atoms with Gasteiger partial charge in [0, 0.05) is 12.8 Å². The predicted octanol–water partition coefficient (Wildman–Crippen LogP) is 4.44. The van der Waals surface area contributed by atoms with Gasteiger partial charge in [0.05, 0.1) is 0 Å². The van der Waals surface area contributed by atoms with Gasteiger partial charge in [-0.3, -0.25) is 4.79 Å². The Balaban J connectivity index is 0.000000921. The van der Waals surface area contributed by atoms with Gasteiger partial charge in [0.25, 0.3) is 0 Å². The van der Waals surface area contributed by atoms with E-state index in [1.54, 1.807) is 0 Å². The largest absolute Gasteiger partial charge is 0.299 e. The molecule has 1 nitrogen and oxygen atoms in total. The molecule has 0 aromatic rings. The van der Waals surface area contributed by atoms with Crippen LogP contribution in [0.5, 0.6) is 0 Å². The number of Topliss-reactive ketones (excluding diaryl/α,β-unsaturated/α-hetero) is 1. The van der Waals surface area contributed by atoms with Gasteiger partial charge in [-0.2, -0.15) is 0 Å². The van der Waals surface area contributed by atoms with E-state index < -0.39 is 0 Å². The van der Waals surface area contributed by atoms with E-state index in [2.05, 4.69) is 12.7 Å². The lowest BCUT2D eigenvalue weighted by Crippen LogP contribution is -2.01. The van der Waals surface area contributed by atoms with Crippen molar-refractivity contribution in [3.63, 3.8) is 0 Å². The van der Waals surface area contributed by atoms with Crippen LogP contribution >= 0.6 is 0 Å². The average Bonchev–Trinajstić information content (AvgIpc) is 2.30. The van der Waals surface area contributed by atoms with Crippen molar-refractivity contribution in [2.75, 3.05) is 0 Å². The Morgan fingerprint density at radius 3 is 2.73 bits per heavy atom. The molecule has 0 atom stereocenters. The zero-order valence-corrected chi connectivity index (χ0v) is 10.2. The van der Waals surface area contributed by atoms with Gasteiger partial charge in [-0.05, 0) is 32.1 Å². The molecule has 0 aromatic heterocycles. The molecule has 0 unspecified atom stereocenters. The molecule has 1 heteroatoms. The summed E-state index contributed by atoms with van der Waals surface area (Å²) in [5, 5.41) is 0. The lowest BCUT2D eigenvalue weighted by molar-refractivity contribution is -0.118. The summed E-state index contributed by atoms with van der Waals surface area (Å²) in [5.41, 5.74) is 1.36. The lowest BCUT2D eigenvalue weighted by atomic mass is 9.95. The first-order valence-electron chi connectivity index (χ1n) is 6.13. The van der Waals surface area contributed by atoms with E-state index in [1.165, 1.54) is 24.8 Å². The van der Waals surface area contributed by atoms with Crippen molar-refractivity contribution in [2.24, 2.45) is 0 Å². The number of ketones is 1. The molecule has 1 aliphatic carbocycles. The fourth-order valence-electron chi connectivity index (χ4n) is 1.67. The van der Waals surface area contributed by atoms with Crippen LogP contribution in [0.15, 0.2) is 24.3 Å². The first-order chi connectivity index (χ1) is 7.33. The van der Waals surface area contributed by atoms with Crippen molar-refractivity contribution in [3.8, 4) is 0 Å². The number of carbonyl (C=O) groups excluding carboxylic acids is 1. The summed E-state index contributed by atoms with van der Waals surface area (Å²) in [6, 6.07) is 0. The van der Waals surface area contributed by atoms with Gasteiger partial charge in [0.2, 0.25) is 0 Å². The Bertz CT molecular complexity index is 213. The third-order valence-electron chi connectivity index (χ3n) is 2.44. The minimum absolute atomic E-state index is 0.369. The molecule has 0 heterocycles. The molecule has 86 valence electrons. The Hall–Kier alpha value is -0.850. The van der Waals surface area contributed by atoms with Crippen LogP contribution in [0.1, 0.15) is 58.8 Å². The first-order valence-corrected chi connectivity index (χ1v) is 6.13. The van der Waals surface area contributed by atoms with Gasteiger partial charge in [-0.1, -0.05) is 31.6 Å². The maximum atomic E-state index is 11.4. The molecule has 0 radical (unpaired) electrons. The Labute approximate surface area is 94.3 Å². The van der Waals surface area contributed by atoms with E-state index >= 15 is 0 Å². The highest BCUT2D eigenvalue weighted by molar-refractivity contribution is 5.80. The Morgan fingerprint density at radius 2 is 2.20 bits per heavy atom. The predicted molar refractivity (Wildman–Crippen MR) is 67.0 cm³/mol. The number of hydrogen-bond acceptors (Lipinski definition) is 1. The van der Waals surface area contributed by atoms with Gasteiger partial charge < -0.3 is 0 Å². The van der Waals surface area contributed by atoms with Crippen molar-refractivity contribution in [1.82, 2.24) is 0 Å². The number of allylic oxidation sites excluding steroid dienone is 3. The summed E-state index contributed by atoms with van der Waals surface area (Å²) in [6.45, 7) is 7.61. The molecular formula is C14H24O. The molecule has 0 fully saturated rings. The molecule has 0 saturated carbocycles. The fraction of sp³-hybridized carbons (Fsp3) is 0.643. The van der Waals surface area contributed by atoms with E-state index in [-0.39, 0.29) is 0 Å². The molecule has 0 bridgehead atoms. The van der Waals surface area contributed by atoms with Crippen LogP contribution in [0.4, 0.5) is 0 Å². The highest BCUT2D eigenvalue weighted by atomic mass is 16.1. The van der Waals surface area contributed by atoms with Crippen LogP contribution in [-0.2, 0) is 4.79 Å². The van der Waals surface area contributed by atoms with Crippen LogP contribution < -0.4 is 0 Å². The topological polar surface area (TPSA) is 17.1 Å². The van der Waals surface area contributed by atoms with Crippen molar-refractivity contribution in [3.05, 3.63) is 24.3 Å². The minimum Gasteiger partial charge on any atom is -0.299 e. The van der Waals surface area contributed by atoms with E-state index in [0.29, 0.717) is 18.6 Å². The second-order valence-corrected chi connectivity index (χ2v) is 3.65. The SMILES string of the molecule is C=CCCC(=O)CC1=CCCCC1.CC. The maximum Gasteiger partial charge on any atom is 0.137 e. The van der Waals surface area contributed by atoms with Gasteiger partial charge in [0.1, 0.15) is 5.78 Å². The highest BCUT2D eigenvalue weighted by Gasteiger charge is 2.07. The standard InChI is InChI=1S/C12H18O.C2H6/c1-2-3-9-12(13)10-11-7-5-4-6-8-11;1-2/h2,7H,1,3-6,8-10H2;1-2H3. The van der Waals surface area contributed by atoms with Crippen LogP contribution in [0.25, 0.3) is 0 Å². The third kappa shape index (κ3) is 7.12. The second kappa shape index (κ2) is 9.70. The van der Waals surface area contributed by atoms with Gasteiger partial charge in [-0.15, -0.1) is 6.58 Å². The average molecular weight is 208 g/mol. The zero-order chi connectivity index (χ0) is 11.5. The second-order valence-electron chi connectivity index (χ2n) is 3.65. The summed E-state index contributed by atoms with van der Waals surface area (Å²) in [5.74, 6) is 0.369. The molecule has 1 aliphatic rings.